The molecule has 1 aliphatic carbocycles. The van der Waals surface area contributed by atoms with Gasteiger partial charge in [-0.25, -0.2) is 0 Å². The summed E-state index contributed by atoms with van der Waals surface area (Å²) >= 11 is 0. The first-order chi connectivity index (χ1) is 13.3. The maximum Gasteiger partial charge on any atom is 0.0224 e. The van der Waals surface area contributed by atoms with Crippen molar-refractivity contribution in [3.05, 3.63) is 68.8 Å². The van der Waals surface area contributed by atoms with Crippen molar-refractivity contribution in [1.82, 2.24) is 10.6 Å². The van der Waals surface area contributed by atoms with Gasteiger partial charge in [-0.3, -0.25) is 0 Å². The van der Waals surface area contributed by atoms with Crippen LogP contribution in [0.3, 0.4) is 0 Å². The summed E-state index contributed by atoms with van der Waals surface area (Å²) in [5.41, 5.74) is 11.3. The van der Waals surface area contributed by atoms with Crippen molar-refractivity contribution in [2.24, 2.45) is 0 Å². The van der Waals surface area contributed by atoms with E-state index in [1.54, 1.807) is 0 Å². The molecule has 0 saturated heterocycles. The van der Waals surface area contributed by atoms with E-state index in [9.17, 15) is 0 Å². The fraction of sp³-hybridized carbons (Fsp3) is 0.538. The zero-order chi connectivity index (χ0) is 20.3. The van der Waals surface area contributed by atoms with Crippen molar-refractivity contribution >= 4 is 0 Å². The van der Waals surface area contributed by atoms with E-state index in [0.29, 0.717) is 12.1 Å². The predicted molar refractivity (Wildman–Crippen MR) is 121 cm³/mol. The van der Waals surface area contributed by atoms with E-state index in [0.717, 1.165) is 13.1 Å². The van der Waals surface area contributed by atoms with E-state index >= 15 is 0 Å². The Bertz CT molecular complexity index is 706. The van der Waals surface area contributed by atoms with Gasteiger partial charge in [-0.05, 0) is 87.8 Å². The number of hydrogen-bond acceptors (Lipinski definition) is 2. The van der Waals surface area contributed by atoms with Crippen molar-refractivity contribution in [2.45, 2.75) is 92.4 Å². The van der Waals surface area contributed by atoms with Crippen molar-refractivity contribution < 1.29 is 0 Å². The normalized spacial score (nSPS) is 19.8. The molecule has 0 radical (unpaired) electrons. The molecule has 2 heteroatoms. The molecule has 0 aromatic heterocycles. The Morgan fingerprint density at radius 1 is 0.607 bits per heavy atom. The van der Waals surface area contributed by atoms with Crippen LogP contribution >= 0.6 is 0 Å². The maximum atomic E-state index is 3.90. The molecule has 2 aromatic carbocycles. The van der Waals surface area contributed by atoms with Gasteiger partial charge in [-0.15, -0.1) is 0 Å². The van der Waals surface area contributed by atoms with E-state index in [4.69, 9.17) is 0 Å². The Morgan fingerprint density at radius 2 is 0.929 bits per heavy atom. The van der Waals surface area contributed by atoms with Gasteiger partial charge in [-0.2, -0.15) is 0 Å². The molecule has 3 rings (SSSR count). The molecule has 0 amide bonds. The second-order valence-corrected chi connectivity index (χ2v) is 9.01. The van der Waals surface area contributed by atoms with Crippen LogP contribution in [0.4, 0.5) is 0 Å². The lowest BCUT2D eigenvalue weighted by Gasteiger charge is -2.34. The zero-order valence-electron chi connectivity index (χ0n) is 18.7. The Labute approximate surface area is 172 Å². The molecule has 2 N–H and O–H groups in total. The summed E-state index contributed by atoms with van der Waals surface area (Å²) in [6.07, 6.45) is 5.22. The lowest BCUT2D eigenvalue weighted by molar-refractivity contribution is 0.280. The Morgan fingerprint density at radius 3 is 1.25 bits per heavy atom. The molecule has 1 saturated carbocycles. The van der Waals surface area contributed by atoms with Gasteiger partial charge >= 0.3 is 0 Å². The SMILES string of the molecule is Cc1cc(C)c(CN[C@H]2CCCC[C@@H]2NCc2c(C)cc(C)cc2C)c(C)c1. The highest BCUT2D eigenvalue weighted by atomic mass is 15.0. The highest BCUT2D eigenvalue weighted by Gasteiger charge is 2.24. The van der Waals surface area contributed by atoms with Crippen LogP contribution in [0.15, 0.2) is 24.3 Å². The first-order valence-corrected chi connectivity index (χ1v) is 11.0. The number of benzene rings is 2. The van der Waals surface area contributed by atoms with E-state index in [1.807, 2.05) is 0 Å². The minimum Gasteiger partial charge on any atom is -0.308 e. The van der Waals surface area contributed by atoms with Gasteiger partial charge in [-0.1, -0.05) is 48.2 Å². The molecule has 0 unspecified atom stereocenters. The van der Waals surface area contributed by atoms with Crippen LogP contribution in [0.2, 0.25) is 0 Å². The van der Waals surface area contributed by atoms with Gasteiger partial charge in [0.2, 0.25) is 0 Å². The number of aryl methyl sites for hydroxylation is 6. The van der Waals surface area contributed by atoms with Crippen LogP contribution in [-0.4, -0.2) is 12.1 Å². The van der Waals surface area contributed by atoms with E-state index in [-0.39, 0.29) is 0 Å². The molecular formula is C26H38N2. The maximum absolute atomic E-state index is 3.90. The Hall–Kier alpha value is -1.64. The monoisotopic (exact) mass is 378 g/mol. The van der Waals surface area contributed by atoms with E-state index < -0.39 is 0 Å². The number of hydrogen-bond donors (Lipinski definition) is 2. The average Bonchev–Trinajstić information content (AvgIpc) is 2.61. The molecule has 2 nitrogen and oxygen atoms in total. The van der Waals surface area contributed by atoms with E-state index in [1.165, 1.54) is 70.2 Å². The standard InChI is InChI=1S/C26H38N2/c1-17-11-19(3)23(20(4)12-17)15-27-25-9-7-8-10-26(25)28-16-24-21(5)13-18(2)14-22(24)6/h11-14,25-28H,7-10,15-16H2,1-6H3/t25-,26-/m0/s1. The molecule has 1 aliphatic rings. The zero-order valence-corrected chi connectivity index (χ0v) is 18.7. The third-order valence-corrected chi connectivity index (χ3v) is 6.53. The Kier molecular flexibility index (Phi) is 6.95. The van der Waals surface area contributed by atoms with Crippen molar-refractivity contribution in [2.75, 3.05) is 0 Å². The second-order valence-electron chi connectivity index (χ2n) is 9.01. The summed E-state index contributed by atoms with van der Waals surface area (Å²) in [4.78, 5) is 0. The third-order valence-electron chi connectivity index (χ3n) is 6.53. The van der Waals surface area contributed by atoms with Gasteiger partial charge in [0.15, 0.2) is 0 Å². The van der Waals surface area contributed by atoms with Crippen LogP contribution in [0.25, 0.3) is 0 Å². The highest BCUT2D eigenvalue weighted by molar-refractivity contribution is 5.38. The largest absolute Gasteiger partial charge is 0.308 e. The molecule has 28 heavy (non-hydrogen) atoms. The molecule has 1 fully saturated rings. The minimum absolute atomic E-state index is 0.555. The quantitative estimate of drug-likeness (QED) is 0.671. The topological polar surface area (TPSA) is 24.1 Å². The summed E-state index contributed by atoms with van der Waals surface area (Å²) in [6.45, 7) is 15.3. The molecule has 0 heterocycles. The van der Waals surface area contributed by atoms with Crippen LogP contribution in [0.1, 0.15) is 70.2 Å². The molecule has 0 spiro atoms. The minimum atomic E-state index is 0.555. The van der Waals surface area contributed by atoms with Crippen LogP contribution < -0.4 is 10.6 Å². The summed E-state index contributed by atoms with van der Waals surface area (Å²) in [5, 5.41) is 7.80. The molecule has 2 atom stereocenters. The number of rotatable bonds is 6. The van der Waals surface area contributed by atoms with Gasteiger partial charge < -0.3 is 10.6 Å². The van der Waals surface area contributed by atoms with Gasteiger partial charge in [0.05, 0.1) is 0 Å². The first kappa shape index (κ1) is 21.1. The summed E-state index contributed by atoms with van der Waals surface area (Å²) in [7, 11) is 0. The van der Waals surface area contributed by atoms with E-state index in [2.05, 4.69) is 76.4 Å². The predicted octanol–water partition coefficient (Wildman–Crippen LogP) is 5.73. The summed E-state index contributed by atoms with van der Waals surface area (Å²) in [5.74, 6) is 0. The lowest BCUT2D eigenvalue weighted by atomic mass is 9.89. The Balaban J connectivity index is 1.65. The van der Waals surface area contributed by atoms with Crippen molar-refractivity contribution in [3.8, 4) is 0 Å². The van der Waals surface area contributed by atoms with Crippen LogP contribution in [0, 0.1) is 41.5 Å². The molecule has 2 aromatic rings. The van der Waals surface area contributed by atoms with Gasteiger partial charge in [0.25, 0.3) is 0 Å². The van der Waals surface area contributed by atoms with Crippen LogP contribution in [-0.2, 0) is 13.1 Å². The third kappa shape index (κ3) is 5.04. The van der Waals surface area contributed by atoms with Crippen molar-refractivity contribution in [3.63, 3.8) is 0 Å². The first-order valence-electron chi connectivity index (χ1n) is 11.0. The fourth-order valence-electron chi connectivity index (χ4n) is 5.06. The van der Waals surface area contributed by atoms with Gasteiger partial charge in [0, 0.05) is 25.2 Å². The number of nitrogens with one attached hydrogen (secondary N) is 2. The summed E-state index contributed by atoms with van der Waals surface area (Å²) < 4.78 is 0. The van der Waals surface area contributed by atoms with Crippen molar-refractivity contribution in [1.29, 1.82) is 0 Å². The molecular weight excluding hydrogens is 340 g/mol. The lowest BCUT2D eigenvalue weighted by Crippen LogP contribution is -2.49. The molecule has 0 bridgehead atoms. The molecule has 0 aliphatic heterocycles. The highest BCUT2D eigenvalue weighted by Crippen LogP contribution is 2.23. The average molecular weight is 379 g/mol. The summed E-state index contributed by atoms with van der Waals surface area (Å²) in [6, 6.07) is 10.3. The smallest absolute Gasteiger partial charge is 0.0224 e. The second kappa shape index (κ2) is 9.24. The van der Waals surface area contributed by atoms with Crippen LogP contribution in [0.5, 0.6) is 0 Å². The van der Waals surface area contributed by atoms with Gasteiger partial charge in [0.1, 0.15) is 0 Å². The molecule has 152 valence electrons. The fourth-order valence-corrected chi connectivity index (χ4v) is 5.06.